The Bertz CT molecular complexity index is 654. The van der Waals surface area contributed by atoms with Crippen molar-refractivity contribution < 1.29 is 9.18 Å². The molecule has 1 heterocycles. The van der Waals surface area contributed by atoms with E-state index >= 15 is 0 Å². The Labute approximate surface area is 127 Å². The van der Waals surface area contributed by atoms with Gasteiger partial charge >= 0.3 is 0 Å². The minimum absolute atomic E-state index is 0.104. The molecular weight excluding hydrogens is 287 g/mol. The highest BCUT2D eigenvalue weighted by molar-refractivity contribution is 7.12. The van der Waals surface area contributed by atoms with Gasteiger partial charge in [0.2, 0.25) is 0 Å². The number of hydrogen-bond acceptors (Lipinski definition) is 3. The lowest BCUT2D eigenvalue weighted by atomic mass is 9.87. The van der Waals surface area contributed by atoms with Crippen molar-refractivity contribution in [1.29, 1.82) is 0 Å². The second-order valence-corrected chi connectivity index (χ2v) is 6.71. The molecule has 21 heavy (non-hydrogen) atoms. The van der Waals surface area contributed by atoms with Crippen molar-refractivity contribution in [2.45, 2.75) is 26.2 Å². The van der Waals surface area contributed by atoms with E-state index in [9.17, 15) is 9.18 Å². The van der Waals surface area contributed by atoms with Crippen molar-refractivity contribution >= 4 is 23.5 Å². The SMILES string of the molecule is CC(C)(C)c1ccc(C=NNC(=O)c2ccc(F)s2)cc1. The highest BCUT2D eigenvalue weighted by Gasteiger charge is 2.12. The molecule has 0 spiro atoms. The Kier molecular flexibility index (Phi) is 4.53. The average molecular weight is 304 g/mol. The number of halogens is 1. The maximum Gasteiger partial charge on any atom is 0.281 e. The third-order valence-corrected chi connectivity index (χ3v) is 3.83. The van der Waals surface area contributed by atoms with Gasteiger partial charge in [0.25, 0.3) is 5.91 Å². The fourth-order valence-electron chi connectivity index (χ4n) is 1.73. The normalized spacial score (nSPS) is 11.8. The average Bonchev–Trinajstić information content (AvgIpc) is 2.85. The topological polar surface area (TPSA) is 41.5 Å². The van der Waals surface area contributed by atoms with E-state index in [1.165, 1.54) is 17.7 Å². The molecule has 0 aliphatic heterocycles. The standard InChI is InChI=1S/C16H17FN2OS/c1-16(2,3)12-6-4-11(5-7-12)10-18-19-15(20)13-8-9-14(17)21-13/h4-10H,1-3H3,(H,19,20). The summed E-state index contributed by atoms with van der Waals surface area (Å²) in [6, 6.07) is 10.7. The van der Waals surface area contributed by atoms with Crippen molar-refractivity contribution in [3.8, 4) is 0 Å². The molecule has 0 saturated carbocycles. The number of amides is 1. The van der Waals surface area contributed by atoms with E-state index in [2.05, 4.69) is 31.3 Å². The van der Waals surface area contributed by atoms with Gasteiger partial charge in [0.05, 0.1) is 11.1 Å². The summed E-state index contributed by atoms with van der Waals surface area (Å²) in [6.45, 7) is 6.45. The molecule has 0 atom stereocenters. The van der Waals surface area contributed by atoms with Crippen molar-refractivity contribution in [2.75, 3.05) is 0 Å². The van der Waals surface area contributed by atoms with Gasteiger partial charge in [-0.2, -0.15) is 9.49 Å². The molecular formula is C16H17FN2OS. The fraction of sp³-hybridized carbons (Fsp3) is 0.250. The molecule has 3 nitrogen and oxygen atoms in total. The zero-order chi connectivity index (χ0) is 15.5. The summed E-state index contributed by atoms with van der Waals surface area (Å²) in [4.78, 5) is 12.0. The zero-order valence-electron chi connectivity index (χ0n) is 12.2. The lowest BCUT2D eigenvalue weighted by molar-refractivity contribution is 0.0959. The van der Waals surface area contributed by atoms with Crippen LogP contribution in [0, 0.1) is 5.13 Å². The quantitative estimate of drug-likeness (QED) is 0.677. The van der Waals surface area contributed by atoms with Crippen LogP contribution in [0.25, 0.3) is 0 Å². The van der Waals surface area contributed by atoms with Crippen LogP contribution in [0.3, 0.4) is 0 Å². The number of nitrogens with one attached hydrogen (secondary N) is 1. The minimum atomic E-state index is -0.411. The number of carbonyl (C=O) groups is 1. The van der Waals surface area contributed by atoms with E-state index in [1.54, 1.807) is 6.21 Å². The first-order valence-electron chi connectivity index (χ1n) is 6.55. The van der Waals surface area contributed by atoms with Gasteiger partial charge < -0.3 is 0 Å². The van der Waals surface area contributed by atoms with Crippen LogP contribution in [0.4, 0.5) is 4.39 Å². The number of rotatable bonds is 3. The van der Waals surface area contributed by atoms with Crippen LogP contribution < -0.4 is 5.43 Å². The number of nitrogens with zero attached hydrogens (tertiary/aromatic N) is 1. The van der Waals surface area contributed by atoms with E-state index < -0.39 is 5.91 Å². The number of thiophene rings is 1. The summed E-state index contributed by atoms with van der Waals surface area (Å²) in [6.07, 6.45) is 1.56. The summed E-state index contributed by atoms with van der Waals surface area (Å²) < 4.78 is 12.8. The van der Waals surface area contributed by atoms with Gasteiger partial charge in [-0.05, 0) is 28.7 Å². The van der Waals surface area contributed by atoms with Crippen LogP contribution in [-0.2, 0) is 5.41 Å². The largest absolute Gasteiger partial charge is 0.281 e. The minimum Gasteiger partial charge on any atom is -0.266 e. The maximum absolute atomic E-state index is 12.8. The molecule has 1 aromatic heterocycles. The third kappa shape index (κ3) is 4.23. The van der Waals surface area contributed by atoms with E-state index in [-0.39, 0.29) is 10.5 Å². The summed E-state index contributed by atoms with van der Waals surface area (Å²) in [5.41, 5.74) is 4.61. The Morgan fingerprint density at radius 2 is 1.86 bits per heavy atom. The maximum atomic E-state index is 12.8. The summed E-state index contributed by atoms with van der Waals surface area (Å²) >= 11 is 0.794. The molecule has 0 radical (unpaired) electrons. The molecule has 0 saturated heterocycles. The summed E-state index contributed by atoms with van der Waals surface area (Å²) in [5, 5.41) is 3.49. The molecule has 110 valence electrons. The number of hydrogen-bond donors (Lipinski definition) is 1. The molecule has 1 N–H and O–H groups in total. The Hall–Kier alpha value is -2.01. The van der Waals surface area contributed by atoms with Crippen molar-refractivity contribution in [3.63, 3.8) is 0 Å². The second kappa shape index (κ2) is 6.18. The fourth-order valence-corrected chi connectivity index (χ4v) is 2.35. The van der Waals surface area contributed by atoms with Crippen molar-refractivity contribution in [3.05, 3.63) is 57.5 Å². The van der Waals surface area contributed by atoms with Gasteiger partial charge in [0, 0.05) is 0 Å². The Balaban J connectivity index is 1.97. The molecule has 0 aliphatic carbocycles. The van der Waals surface area contributed by atoms with Crippen LogP contribution in [0.5, 0.6) is 0 Å². The van der Waals surface area contributed by atoms with Gasteiger partial charge in [0.15, 0.2) is 5.13 Å². The highest BCUT2D eigenvalue weighted by Crippen LogP contribution is 2.21. The van der Waals surface area contributed by atoms with Crippen LogP contribution in [0.2, 0.25) is 0 Å². The molecule has 2 rings (SSSR count). The van der Waals surface area contributed by atoms with E-state index in [4.69, 9.17) is 0 Å². The van der Waals surface area contributed by atoms with Gasteiger partial charge in [-0.1, -0.05) is 45.0 Å². The molecule has 0 unspecified atom stereocenters. The van der Waals surface area contributed by atoms with Gasteiger partial charge in [0.1, 0.15) is 0 Å². The Morgan fingerprint density at radius 3 is 2.38 bits per heavy atom. The monoisotopic (exact) mass is 304 g/mol. The number of carbonyl (C=O) groups excluding carboxylic acids is 1. The predicted octanol–water partition coefficient (Wildman–Crippen LogP) is 3.95. The molecule has 1 amide bonds. The molecule has 1 aromatic carbocycles. The van der Waals surface area contributed by atoms with Gasteiger partial charge in [-0.15, -0.1) is 11.3 Å². The van der Waals surface area contributed by atoms with E-state index in [1.807, 2.05) is 24.3 Å². The first-order valence-corrected chi connectivity index (χ1v) is 7.37. The molecule has 0 aliphatic rings. The number of benzene rings is 1. The first-order chi connectivity index (χ1) is 9.86. The van der Waals surface area contributed by atoms with Gasteiger partial charge in [-0.3, -0.25) is 4.79 Å². The molecule has 2 aromatic rings. The van der Waals surface area contributed by atoms with Gasteiger partial charge in [-0.25, -0.2) is 5.43 Å². The predicted molar refractivity (Wildman–Crippen MR) is 84.5 cm³/mol. The number of hydrazone groups is 1. The molecule has 0 fully saturated rings. The smallest absolute Gasteiger partial charge is 0.266 e. The highest BCUT2D eigenvalue weighted by atomic mass is 32.1. The van der Waals surface area contributed by atoms with Crippen LogP contribution in [0.15, 0.2) is 41.5 Å². The zero-order valence-corrected chi connectivity index (χ0v) is 13.0. The second-order valence-electron chi connectivity index (χ2n) is 5.67. The van der Waals surface area contributed by atoms with Crippen molar-refractivity contribution in [1.82, 2.24) is 5.43 Å². The van der Waals surface area contributed by atoms with Crippen molar-refractivity contribution in [2.24, 2.45) is 5.10 Å². The molecule has 5 heteroatoms. The first kappa shape index (κ1) is 15.4. The lowest BCUT2D eigenvalue weighted by Gasteiger charge is -2.18. The van der Waals surface area contributed by atoms with E-state index in [0.717, 1.165) is 16.9 Å². The Morgan fingerprint density at radius 1 is 1.19 bits per heavy atom. The molecule has 0 bridgehead atoms. The summed E-state index contributed by atoms with van der Waals surface area (Å²) in [7, 11) is 0. The van der Waals surface area contributed by atoms with E-state index in [0.29, 0.717) is 4.88 Å². The van der Waals surface area contributed by atoms with Crippen LogP contribution in [-0.4, -0.2) is 12.1 Å². The summed E-state index contributed by atoms with van der Waals surface area (Å²) in [5.74, 6) is -0.411. The van der Waals surface area contributed by atoms with Crippen LogP contribution >= 0.6 is 11.3 Å². The third-order valence-electron chi connectivity index (χ3n) is 2.95. The lowest BCUT2D eigenvalue weighted by Crippen LogP contribution is -2.16. The van der Waals surface area contributed by atoms with Crippen LogP contribution in [0.1, 0.15) is 41.6 Å².